The molecule has 3 saturated carbocycles. The van der Waals surface area contributed by atoms with Crippen molar-refractivity contribution in [2.75, 3.05) is 25.6 Å². The summed E-state index contributed by atoms with van der Waals surface area (Å²) in [5.41, 5.74) is 0.641. The van der Waals surface area contributed by atoms with Gasteiger partial charge in [0.1, 0.15) is 11.4 Å². The van der Waals surface area contributed by atoms with Crippen LogP contribution >= 0.6 is 0 Å². The van der Waals surface area contributed by atoms with E-state index in [1.165, 1.54) is 32.1 Å². The van der Waals surface area contributed by atoms with Gasteiger partial charge in [-0.25, -0.2) is 0 Å². The van der Waals surface area contributed by atoms with Gasteiger partial charge in [-0.15, -0.1) is 0 Å². The molecule has 5 unspecified atom stereocenters. The number of ether oxygens (including phenoxy) is 1. The fraction of sp³-hybridized carbons (Fsp3) is 0.789. The second-order valence-corrected chi connectivity index (χ2v) is 8.21. The van der Waals surface area contributed by atoms with Gasteiger partial charge in [-0.3, -0.25) is 9.48 Å². The zero-order valence-electron chi connectivity index (χ0n) is 15.3. The van der Waals surface area contributed by atoms with Gasteiger partial charge >= 0.3 is 0 Å². The number of hydrogen-bond donors (Lipinski definition) is 2. The van der Waals surface area contributed by atoms with E-state index >= 15 is 0 Å². The van der Waals surface area contributed by atoms with Crippen LogP contribution in [0.3, 0.4) is 0 Å². The van der Waals surface area contributed by atoms with Crippen molar-refractivity contribution in [3.8, 4) is 0 Å². The van der Waals surface area contributed by atoms with Crippen LogP contribution in [-0.2, 0) is 11.8 Å². The quantitative estimate of drug-likeness (QED) is 0.776. The van der Waals surface area contributed by atoms with Gasteiger partial charge in [0.15, 0.2) is 0 Å². The van der Waals surface area contributed by atoms with Crippen molar-refractivity contribution in [1.82, 2.24) is 15.1 Å². The summed E-state index contributed by atoms with van der Waals surface area (Å²) < 4.78 is 6.81. The Morgan fingerprint density at radius 3 is 2.96 bits per heavy atom. The molecular formula is C19H30N4O2. The fourth-order valence-electron chi connectivity index (χ4n) is 5.60. The van der Waals surface area contributed by atoms with E-state index in [9.17, 15) is 4.79 Å². The minimum atomic E-state index is 0.0132. The maximum Gasteiger partial charge on any atom is 0.256 e. The topological polar surface area (TPSA) is 68.2 Å². The number of rotatable bonds is 6. The summed E-state index contributed by atoms with van der Waals surface area (Å²) in [6.45, 7) is 1.26. The molecule has 6 nitrogen and oxygen atoms in total. The van der Waals surface area contributed by atoms with Crippen molar-refractivity contribution in [3.63, 3.8) is 0 Å². The smallest absolute Gasteiger partial charge is 0.256 e. The van der Waals surface area contributed by atoms with E-state index in [1.54, 1.807) is 18.0 Å². The van der Waals surface area contributed by atoms with E-state index in [2.05, 4.69) is 15.7 Å². The number of amides is 1. The van der Waals surface area contributed by atoms with Crippen LogP contribution in [0.4, 0.5) is 5.82 Å². The maximum atomic E-state index is 12.9. The summed E-state index contributed by atoms with van der Waals surface area (Å²) in [5.74, 6) is 4.12. The predicted molar refractivity (Wildman–Crippen MR) is 96.5 cm³/mol. The highest BCUT2D eigenvalue weighted by atomic mass is 16.5. The maximum absolute atomic E-state index is 12.9. The summed E-state index contributed by atoms with van der Waals surface area (Å²) in [5, 5.41) is 10.9. The van der Waals surface area contributed by atoms with Crippen LogP contribution in [0.5, 0.6) is 0 Å². The highest BCUT2D eigenvalue weighted by Gasteiger charge is 2.46. The Bertz CT molecular complexity index is 629. The van der Waals surface area contributed by atoms with Gasteiger partial charge in [-0.1, -0.05) is 0 Å². The summed E-state index contributed by atoms with van der Waals surface area (Å²) in [6.07, 6.45) is 9.62. The number of methoxy groups -OCH3 is 1. The molecule has 1 amide bonds. The van der Waals surface area contributed by atoms with Gasteiger partial charge in [-0.05, 0) is 62.2 Å². The molecular weight excluding hydrogens is 316 g/mol. The van der Waals surface area contributed by atoms with Gasteiger partial charge in [0.2, 0.25) is 0 Å². The molecule has 3 aliphatic carbocycles. The van der Waals surface area contributed by atoms with E-state index in [1.807, 2.05) is 7.05 Å². The Kier molecular flexibility index (Phi) is 4.71. The second kappa shape index (κ2) is 6.98. The molecule has 138 valence electrons. The standard InChI is InChI=1S/C19H30N4O2/c1-23-18(20-5-6-25-2)16(11-21-23)19(24)22-17-4-3-12-7-13-9-14(8-12)15(17)10-13/h11-15,17,20H,3-10H2,1-2H3,(H,22,24). The van der Waals surface area contributed by atoms with Gasteiger partial charge in [-0.2, -0.15) is 5.10 Å². The number of nitrogens with one attached hydrogen (secondary N) is 2. The Hall–Kier alpha value is -1.56. The second-order valence-electron chi connectivity index (χ2n) is 8.21. The van der Waals surface area contributed by atoms with E-state index < -0.39 is 0 Å². The van der Waals surface area contributed by atoms with Gasteiger partial charge in [0, 0.05) is 26.7 Å². The summed E-state index contributed by atoms with van der Waals surface area (Å²) >= 11 is 0. The Morgan fingerprint density at radius 2 is 2.12 bits per heavy atom. The Morgan fingerprint density at radius 1 is 1.28 bits per heavy atom. The van der Waals surface area contributed by atoms with Crippen LogP contribution < -0.4 is 10.6 Å². The lowest BCUT2D eigenvalue weighted by atomic mass is 9.80. The van der Waals surface area contributed by atoms with E-state index in [4.69, 9.17) is 4.74 Å². The highest BCUT2D eigenvalue weighted by molar-refractivity contribution is 5.98. The Labute approximate surface area is 149 Å². The molecule has 1 heterocycles. The van der Waals surface area contributed by atoms with Crippen molar-refractivity contribution in [1.29, 1.82) is 0 Å². The van der Waals surface area contributed by atoms with Gasteiger partial charge in [0.25, 0.3) is 5.91 Å². The number of aryl methyl sites for hydroxylation is 1. The van der Waals surface area contributed by atoms with Crippen molar-refractivity contribution >= 4 is 11.7 Å². The lowest BCUT2D eigenvalue weighted by molar-refractivity contribution is 0.0913. The molecule has 0 radical (unpaired) electrons. The number of anilines is 1. The third kappa shape index (κ3) is 3.28. The lowest BCUT2D eigenvalue weighted by Crippen LogP contribution is -2.41. The van der Waals surface area contributed by atoms with Crippen molar-refractivity contribution in [2.45, 2.75) is 44.6 Å². The van der Waals surface area contributed by atoms with Crippen LogP contribution in [0.15, 0.2) is 6.20 Å². The van der Waals surface area contributed by atoms with Crippen LogP contribution in [-0.4, -0.2) is 42.0 Å². The largest absolute Gasteiger partial charge is 0.383 e. The monoisotopic (exact) mass is 346 g/mol. The number of carbonyl (C=O) groups excluding carboxylic acids is 1. The Balaban J connectivity index is 1.45. The molecule has 1 aromatic rings. The van der Waals surface area contributed by atoms with Gasteiger partial charge in [0.05, 0.1) is 12.8 Å². The molecule has 25 heavy (non-hydrogen) atoms. The molecule has 3 aliphatic rings. The van der Waals surface area contributed by atoms with Crippen molar-refractivity contribution in [2.24, 2.45) is 30.7 Å². The fourth-order valence-corrected chi connectivity index (χ4v) is 5.60. The van der Waals surface area contributed by atoms with Crippen LogP contribution in [0.1, 0.15) is 48.9 Å². The number of nitrogens with zero attached hydrogens (tertiary/aromatic N) is 2. The molecule has 0 saturated heterocycles. The zero-order chi connectivity index (χ0) is 17.4. The average Bonchev–Trinajstić information content (AvgIpc) is 3.07. The van der Waals surface area contributed by atoms with Crippen LogP contribution in [0.25, 0.3) is 0 Å². The minimum absolute atomic E-state index is 0.0132. The van der Waals surface area contributed by atoms with E-state index in [0.29, 0.717) is 30.7 Å². The molecule has 1 aromatic heterocycles. The van der Waals surface area contributed by atoms with Crippen molar-refractivity contribution in [3.05, 3.63) is 11.8 Å². The molecule has 3 fully saturated rings. The van der Waals surface area contributed by atoms with E-state index in [-0.39, 0.29) is 5.91 Å². The molecule has 0 aliphatic heterocycles. The molecule has 3 bridgehead atoms. The normalized spacial score (nSPS) is 33.3. The molecule has 6 heteroatoms. The summed E-state index contributed by atoms with van der Waals surface area (Å²) in [6, 6.07) is 0.333. The number of hydrogen-bond acceptors (Lipinski definition) is 4. The number of carbonyl (C=O) groups is 1. The van der Waals surface area contributed by atoms with Crippen LogP contribution in [0, 0.1) is 23.7 Å². The summed E-state index contributed by atoms with van der Waals surface area (Å²) in [7, 11) is 3.53. The molecule has 0 spiro atoms. The number of aromatic nitrogens is 2. The lowest BCUT2D eigenvalue weighted by Gasteiger charge is -2.27. The van der Waals surface area contributed by atoms with E-state index in [0.717, 1.165) is 30.0 Å². The SMILES string of the molecule is COCCNc1c(C(=O)NC2CCC3CC4CC(C3)C2C4)cnn1C. The average molecular weight is 346 g/mol. The van der Waals surface area contributed by atoms with Gasteiger partial charge < -0.3 is 15.4 Å². The molecule has 5 atom stereocenters. The zero-order valence-corrected chi connectivity index (χ0v) is 15.3. The third-order valence-corrected chi connectivity index (χ3v) is 6.65. The van der Waals surface area contributed by atoms with Crippen molar-refractivity contribution < 1.29 is 9.53 Å². The first-order valence-electron chi connectivity index (χ1n) is 9.71. The molecule has 0 aromatic carbocycles. The van der Waals surface area contributed by atoms with Crippen LogP contribution in [0.2, 0.25) is 0 Å². The third-order valence-electron chi connectivity index (χ3n) is 6.65. The molecule has 2 N–H and O–H groups in total. The first-order chi connectivity index (χ1) is 12.2. The predicted octanol–water partition coefficient (Wildman–Crippen LogP) is 2.42. The first-order valence-corrected chi connectivity index (χ1v) is 9.71. The first kappa shape index (κ1) is 16.9. The molecule has 4 rings (SSSR count). The summed E-state index contributed by atoms with van der Waals surface area (Å²) in [4.78, 5) is 12.9. The number of fused-ring (bicyclic) bond motifs is 2. The highest BCUT2D eigenvalue weighted by Crippen LogP contribution is 2.53. The minimum Gasteiger partial charge on any atom is -0.383 e.